The lowest BCUT2D eigenvalue weighted by atomic mass is 10.2. The molecule has 0 spiro atoms. The van der Waals surface area contributed by atoms with Gasteiger partial charge in [0.15, 0.2) is 11.6 Å². The van der Waals surface area contributed by atoms with Gasteiger partial charge >= 0.3 is 0 Å². The quantitative estimate of drug-likeness (QED) is 0.779. The lowest BCUT2D eigenvalue weighted by molar-refractivity contribution is 0.394. The van der Waals surface area contributed by atoms with Crippen molar-refractivity contribution in [2.24, 2.45) is 0 Å². The minimum Gasteiger partial charge on any atom is -0.360 e. The highest BCUT2D eigenvalue weighted by Gasteiger charge is 2.19. The van der Waals surface area contributed by atoms with E-state index in [9.17, 15) is 0 Å². The number of rotatable bonds is 5. The average Bonchev–Trinajstić information content (AvgIpc) is 3.19. The second kappa shape index (κ2) is 6.00. The fraction of sp³-hybridized carbons (Fsp3) is 0.438. The molecule has 0 bridgehead atoms. The van der Waals surface area contributed by atoms with Gasteiger partial charge in [-0.15, -0.1) is 0 Å². The van der Waals surface area contributed by atoms with Crippen molar-refractivity contribution in [3.63, 3.8) is 0 Å². The largest absolute Gasteiger partial charge is 0.360 e. The molecular formula is C16H21N5O2. The van der Waals surface area contributed by atoms with Gasteiger partial charge in [0.2, 0.25) is 0 Å². The summed E-state index contributed by atoms with van der Waals surface area (Å²) in [5.41, 5.74) is 2.95. The van der Waals surface area contributed by atoms with Gasteiger partial charge in [0.05, 0.1) is 5.56 Å². The van der Waals surface area contributed by atoms with Crippen LogP contribution in [0.3, 0.4) is 0 Å². The van der Waals surface area contributed by atoms with Crippen LogP contribution in [0.1, 0.15) is 29.9 Å². The van der Waals surface area contributed by atoms with E-state index in [0.29, 0.717) is 17.8 Å². The van der Waals surface area contributed by atoms with Crippen LogP contribution in [0.15, 0.2) is 21.2 Å². The number of nitrogens with one attached hydrogen (secondary N) is 1. The predicted octanol–water partition coefficient (Wildman–Crippen LogP) is 2.59. The van der Waals surface area contributed by atoms with E-state index in [1.54, 1.807) is 0 Å². The molecule has 1 atom stereocenters. The van der Waals surface area contributed by atoms with Crippen LogP contribution in [0.25, 0.3) is 17.3 Å². The van der Waals surface area contributed by atoms with Gasteiger partial charge in [-0.05, 0) is 40.8 Å². The van der Waals surface area contributed by atoms with Crippen LogP contribution in [0.2, 0.25) is 0 Å². The summed E-state index contributed by atoms with van der Waals surface area (Å²) in [6.07, 6.45) is 0.723. The summed E-state index contributed by atoms with van der Waals surface area (Å²) in [7, 11) is 1.92. The van der Waals surface area contributed by atoms with E-state index in [-0.39, 0.29) is 0 Å². The molecule has 0 aliphatic heterocycles. The van der Waals surface area contributed by atoms with Crippen LogP contribution in [0, 0.1) is 20.8 Å². The smallest absolute Gasteiger partial charge is 0.259 e. The molecule has 1 N–H and O–H groups in total. The minimum absolute atomic E-state index is 0.297. The van der Waals surface area contributed by atoms with Gasteiger partial charge in [-0.2, -0.15) is 4.98 Å². The highest BCUT2D eigenvalue weighted by atomic mass is 16.5. The fourth-order valence-electron chi connectivity index (χ4n) is 2.61. The first-order chi connectivity index (χ1) is 11.0. The molecule has 7 nitrogen and oxygen atoms in total. The fourth-order valence-corrected chi connectivity index (χ4v) is 2.61. The van der Waals surface area contributed by atoms with Crippen molar-refractivity contribution in [2.45, 2.75) is 40.2 Å². The molecule has 0 radical (unpaired) electrons. The summed E-state index contributed by atoms with van der Waals surface area (Å²) in [4.78, 5) is 4.51. The van der Waals surface area contributed by atoms with E-state index in [2.05, 4.69) is 27.5 Å². The zero-order valence-electron chi connectivity index (χ0n) is 14.0. The molecule has 0 amide bonds. The van der Waals surface area contributed by atoms with Crippen molar-refractivity contribution in [1.29, 1.82) is 0 Å². The van der Waals surface area contributed by atoms with Gasteiger partial charge in [-0.3, -0.25) is 4.57 Å². The number of aromatic nitrogens is 4. The Hall–Kier alpha value is -2.41. The SMILES string of the molecule is CNC(C)Cc1noc(-c2cc(C)n(-c3cc(C)on3)c2C)n1. The Morgan fingerprint density at radius 3 is 2.61 bits per heavy atom. The third kappa shape index (κ3) is 2.92. The first kappa shape index (κ1) is 15.5. The standard InChI is InChI=1S/C16H21N5O2/c1-9(17-5)6-14-18-16(23-19-14)13-7-10(2)21(12(13)4)15-8-11(3)22-20-15/h7-9,17H,6H2,1-5H3. The molecule has 3 aromatic rings. The average molecular weight is 315 g/mol. The molecule has 0 saturated heterocycles. The van der Waals surface area contributed by atoms with E-state index in [1.165, 1.54) is 0 Å². The molecule has 3 aromatic heterocycles. The lowest BCUT2D eigenvalue weighted by Crippen LogP contribution is -2.24. The summed E-state index contributed by atoms with van der Waals surface area (Å²) in [6, 6.07) is 4.22. The van der Waals surface area contributed by atoms with Gasteiger partial charge in [-0.25, -0.2) is 0 Å². The summed E-state index contributed by atoms with van der Waals surface area (Å²) in [5, 5.41) is 11.3. The van der Waals surface area contributed by atoms with E-state index in [4.69, 9.17) is 9.05 Å². The molecule has 23 heavy (non-hydrogen) atoms. The van der Waals surface area contributed by atoms with Crippen LogP contribution in [0.5, 0.6) is 0 Å². The number of likely N-dealkylation sites (N-methyl/N-ethyl adjacent to an activating group) is 1. The van der Waals surface area contributed by atoms with E-state index >= 15 is 0 Å². The van der Waals surface area contributed by atoms with Gasteiger partial charge in [0.1, 0.15) is 5.76 Å². The Bertz CT molecular complexity index is 814. The first-order valence-corrected chi connectivity index (χ1v) is 7.62. The highest BCUT2D eigenvalue weighted by molar-refractivity contribution is 5.60. The molecule has 3 heterocycles. The molecule has 7 heteroatoms. The van der Waals surface area contributed by atoms with Crippen LogP contribution >= 0.6 is 0 Å². The van der Waals surface area contributed by atoms with Crippen LogP contribution in [0.4, 0.5) is 0 Å². The maximum atomic E-state index is 5.44. The molecule has 1 unspecified atom stereocenters. The molecule has 0 fully saturated rings. The van der Waals surface area contributed by atoms with Crippen molar-refractivity contribution < 1.29 is 9.05 Å². The van der Waals surface area contributed by atoms with Gasteiger partial charge in [0, 0.05) is 29.9 Å². The normalized spacial score (nSPS) is 12.7. The van der Waals surface area contributed by atoms with E-state index < -0.39 is 0 Å². The molecule has 122 valence electrons. The second-order valence-electron chi connectivity index (χ2n) is 5.83. The highest BCUT2D eigenvalue weighted by Crippen LogP contribution is 2.28. The van der Waals surface area contributed by atoms with Crippen LogP contribution in [-0.2, 0) is 6.42 Å². The third-order valence-corrected chi connectivity index (χ3v) is 3.96. The summed E-state index contributed by atoms with van der Waals surface area (Å²) >= 11 is 0. The number of aryl methyl sites for hydroxylation is 2. The summed E-state index contributed by atoms with van der Waals surface area (Å²) in [6.45, 7) is 7.97. The van der Waals surface area contributed by atoms with E-state index in [1.807, 2.05) is 44.5 Å². The third-order valence-electron chi connectivity index (χ3n) is 3.96. The minimum atomic E-state index is 0.297. The van der Waals surface area contributed by atoms with Gasteiger partial charge < -0.3 is 14.4 Å². The molecular weight excluding hydrogens is 294 g/mol. The van der Waals surface area contributed by atoms with Crippen molar-refractivity contribution in [2.75, 3.05) is 7.05 Å². The van der Waals surface area contributed by atoms with Crippen molar-refractivity contribution >= 4 is 0 Å². The first-order valence-electron chi connectivity index (χ1n) is 7.62. The lowest BCUT2D eigenvalue weighted by Gasteiger charge is -2.04. The molecule has 0 aliphatic rings. The van der Waals surface area contributed by atoms with Crippen LogP contribution < -0.4 is 5.32 Å². The second-order valence-corrected chi connectivity index (χ2v) is 5.83. The monoisotopic (exact) mass is 315 g/mol. The van der Waals surface area contributed by atoms with Gasteiger partial charge in [0.25, 0.3) is 5.89 Å². The van der Waals surface area contributed by atoms with Gasteiger partial charge in [-0.1, -0.05) is 10.3 Å². The topological polar surface area (TPSA) is 81.9 Å². The Morgan fingerprint density at radius 1 is 1.17 bits per heavy atom. The number of hydrogen-bond acceptors (Lipinski definition) is 6. The number of hydrogen-bond donors (Lipinski definition) is 1. The van der Waals surface area contributed by atoms with E-state index in [0.717, 1.165) is 35.0 Å². The number of nitrogens with zero attached hydrogens (tertiary/aromatic N) is 4. The Labute approximate surface area is 134 Å². The predicted molar refractivity (Wildman–Crippen MR) is 85.6 cm³/mol. The zero-order valence-corrected chi connectivity index (χ0v) is 14.0. The maximum Gasteiger partial charge on any atom is 0.259 e. The summed E-state index contributed by atoms with van der Waals surface area (Å²) < 4.78 is 12.6. The van der Waals surface area contributed by atoms with Crippen molar-refractivity contribution in [1.82, 2.24) is 25.2 Å². The summed E-state index contributed by atoms with van der Waals surface area (Å²) in [5.74, 6) is 2.76. The molecule has 0 saturated carbocycles. The van der Waals surface area contributed by atoms with Crippen molar-refractivity contribution in [3.8, 4) is 17.3 Å². The molecule has 0 aliphatic carbocycles. The molecule has 0 aromatic carbocycles. The van der Waals surface area contributed by atoms with Crippen LogP contribution in [-0.4, -0.2) is 33.0 Å². The Kier molecular flexibility index (Phi) is 4.04. The Balaban J connectivity index is 1.95. The maximum absolute atomic E-state index is 5.44. The van der Waals surface area contributed by atoms with Crippen molar-refractivity contribution in [3.05, 3.63) is 35.1 Å². The Morgan fingerprint density at radius 2 is 1.96 bits per heavy atom. The zero-order chi connectivity index (χ0) is 16.6. The molecule has 3 rings (SSSR count).